The molecule has 0 radical (unpaired) electrons. The van der Waals surface area contributed by atoms with Gasteiger partial charge >= 0.3 is 0 Å². The number of benzene rings is 3. The highest BCUT2D eigenvalue weighted by Gasteiger charge is 2.25. The summed E-state index contributed by atoms with van der Waals surface area (Å²) in [6, 6.07) is 21.8. The van der Waals surface area contributed by atoms with E-state index < -0.39 is 10.7 Å². The van der Waals surface area contributed by atoms with Crippen molar-refractivity contribution in [1.82, 2.24) is 4.90 Å². The van der Waals surface area contributed by atoms with Gasteiger partial charge in [0.05, 0.1) is 22.7 Å². The summed E-state index contributed by atoms with van der Waals surface area (Å²) in [4.78, 5) is 15.3. The molecule has 0 bridgehead atoms. The number of piperazine rings is 1. The van der Waals surface area contributed by atoms with Gasteiger partial charge in [-0.25, -0.2) is 4.39 Å². The van der Waals surface area contributed by atoms with Gasteiger partial charge in [0.25, 0.3) is 5.69 Å². The van der Waals surface area contributed by atoms with Crippen LogP contribution in [-0.4, -0.2) is 43.0 Å². The van der Waals surface area contributed by atoms with Crippen molar-refractivity contribution in [2.24, 2.45) is 0 Å². The molecule has 0 unspecified atom stereocenters. The van der Waals surface area contributed by atoms with Crippen LogP contribution in [0.15, 0.2) is 72.8 Å². The maximum absolute atomic E-state index is 14.9. The predicted molar refractivity (Wildman–Crippen MR) is 121 cm³/mol. The molecule has 1 saturated heterocycles. The molecule has 1 N–H and O–H groups in total. The second-order valence-corrected chi connectivity index (χ2v) is 7.77. The maximum Gasteiger partial charge on any atom is 0.295 e. The third-order valence-corrected chi connectivity index (χ3v) is 5.67. The molecule has 1 aliphatic heterocycles. The van der Waals surface area contributed by atoms with E-state index in [1.54, 1.807) is 6.07 Å². The standard InChI is InChI=1S/C24H25FN4O2/c1-27-12-14-28(15-13-27)22-17-21(23(29(30)31)16-20(22)25)26-24(18-8-4-2-5-9-18)19-10-6-3-7-11-19/h2-11,16-17,24,26H,12-15H2,1H3. The normalized spacial score (nSPS) is 14.6. The first-order valence-corrected chi connectivity index (χ1v) is 10.3. The highest BCUT2D eigenvalue weighted by Crippen LogP contribution is 2.36. The van der Waals surface area contributed by atoms with Crippen LogP contribution >= 0.6 is 0 Å². The Labute approximate surface area is 181 Å². The van der Waals surface area contributed by atoms with E-state index in [1.165, 1.54) is 0 Å². The summed E-state index contributed by atoms with van der Waals surface area (Å²) in [6.07, 6.45) is 0. The molecule has 1 heterocycles. The molecule has 1 aliphatic rings. The highest BCUT2D eigenvalue weighted by atomic mass is 19.1. The van der Waals surface area contributed by atoms with Gasteiger partial charge in [-0.05, 0) is 24.2 Å². The number of nitrogens with zero attached hydrogens (tertiary/aromatic N) is 3. The van der Waals surface area contributed by atoms with E-state index in [9.17, 15) is 14.5 Å². The molecule has 160 valence electrons. The Hall–Kier alpha value is -3.45. The number of nitro groups is 1. The lowest BCUT2D eigenvalue weighted by Crippen LogP contribution is -2.44. The Morgan fingerprint density at radius 2 is 1.48 bits per heavy atom. The monoisotopic (exact) mass is 420 g/mol. The van der Waals surface area contributed by atoms with Crippen LogP contribution in [0.25, 0.3) is 0 Å². The smallest absolute Gasteiger partial charge is 0.295 e. The number of nitro benzene ring substituents is 1. The van der Waals surface area contributed by atoms with Crippen molar-refractivity contribution in [1.29, 1.82) is 0 Å². The molecule has 3 aromatic rings. The highest BCUT2D eigenvalue weighted by molar-refractivity contribution is 5.71. The number of hydrogen-bond donors (Lipinski definition) is 1. The molecule has 6 nitrogen and oxygen atoms in total. The van der Waals surface area contributed by atoms with Crippen LogP contribution < -0.4 is 10.2 Å². The van der Waals surface area contributed by atoms with E-state index in [4.69, 9.17) is 0 Å². The van der Waals surface area contributed by atoms with Crippen LogP contribution in [0.5, 0.6) is 0 Å². The number of rotatable bonds is 6. The SMILES string of the molecule is CN1CCN(c2cc(NC(c3ccccc3)c3ccccc3)c([N+](=O)[O-])cc2F)CC1. The van der Waals surface area contributed by atoms with Crippen molar-refractivity contribution < 1.29 is 9.31 Å². The summed E-state index contributed by atoms with van der Waals surface area (Å²) in [5.74, 6) is -0.572. The molecular weight excluding hydrogens is 395 g/mol. The Morgan fingerprint density at radius 3 is 2.00 bits per heavy atom. The first-order chi connectivity index (χ1) is 15.0. The summed E-state index contributed by atoms with van der Waals surface area (Å²) < 4.78 is 14.9. The number of hydrogen-bond acceptors (Lipinski definition) is 5. The molecule has 0 spiro atoms. The zero-order valence-corrected chi connectivity index (χ0v) is 17.4. The van der Waals surface area contributed by atoms with Crippen LogP contribution in [-0.2, 0) is 0 Å². The van der Waals surface area contributed by atoms with E-state index in [1.807, 2.05) is 72.6 Å². The molecule has 3 aromatic carbocycles. The Bertz CT molecular complexity index is 999. The number of likely N-dealkylation sites (N-methyl/N-ethyl adjacent to an activating group) is 1. The van der Waals surface area contributed by atoms with Crippen molar-refractivity contribution in [2.75, 3.05) is 43.4 Å². The lowest BCUT2D eigenvalue weighted by atomic mass is 9.98. The van der Waals surface area contributed by atoms with Gasteiger partial charge in [0.2, 0.25) is 0 Å². The minimum absolute atomic E-state index is 0.271. The van der Waals surface area contributed by atoms with Crippen molar-refractivity contribution in [3.05, 3.63) is 99.9 Å². The number of nitrogens with one attached hydrogen (secondary N) is 1. The fraction of sp³-hybridized carbons (Fsp3) is 0.250. The topological polar surface area (TPSA) is 61.6 Å². The zero-order chi connectivity index (χ0) is 21.8. The minimum atomic E-state index is -0.572. The van der Waals surface area contributed by atoms with E-state index in [2.05, 4.69) is 10.2 Å². The van der Waals surface area contributed by atoms with Gasteiger partial charge in [0.1, 0.15) is 5.69 Å². The fourth-order valence-electron chi connectivity index (χ4n) is 3.91. The first-order valence-electron chi connectivity index (χ1n) is 10.3. The molecule has 31 heavy (non-hydrogen) atoms. The quantitative estimate of drug-likeness (QED) is 0.463. The Balaban J connectivity index is 1.75. The zero-order valence-electron chi connectivity index (χ0n) is 17.4. The molecule has 0 saturated carbocycles. The van der Waals surface area contributed by atoms with E-state index in [0.29, 0.717) is 24.5 Å². The van der Waals surface area contributed by atoms with E-state index >= 15 is 0 Å². The molecular formula is C24H25FN4O2. The molecule has 0 aromatic heterocycles. The second kappa shape index (κ2) is 9.14. The number of anilines is 2. The van der Waals surface area contributed by atoms with Crippen LogP contribution in [0.3, 0.4) is 0 Å². The van der Waals surface area contributed by atoms with Crippen molar-refractivity contribution >= 4 is 17.1 Å². The van der Waals surface area contributed by atoms with Gasteiger partial charge in [0, 0.05) is 26.2 Å². The van der Waals surface area contributed by atoms with E-state index in [0.717, 1.165) is 30.3 Å². The van der Waals surface area contributed by atoms with Gasteiger partial charge in [-0.1, -0.05) is 60.7 Å². The molecule has 4 rings (SSSR count). The van der Waals surface area contributed by atoms with Crippen LogP contribution in [0, 0.1) is 15.9 Å². The van der Waals surface area contributed by atoms with Gasteiger partial charge in [-0.3, -0.25) is 10.1 Å². The van der Waals surface area contributed by atoms with Crippen molar-refractivity contribution in [3.8, 4) is 0 Å². The van der Waals surface area contributed by atoms with E-state index in [-0.39, 0.29) is 11.7 Å². The first kappa shape index (κ1) is 20.8. The van der Waals surface area contributed by atoms with Crippen LogP contribution in [0.2, 0.25) is 0 Å². The number of halogens is 1. The average molecular weight is 420 g/mol. The summed E-state index contributed by atoms with van der Waals surface area (Å²) in [5.41, 5.74) is 2.35. The van der Waals surface area contributed by atoms with Crippen LogP contribution in [0.1, 0.15) is 17.2 Å². The third-order valence-electron chi connectivity index (χ3n) is 5.67. The lowest BCUT2D eigenvalue weighted by Gasteiger charge is -2.34. The fourth-order valence-corrected chi connectivity index (χ4v) is 3.91. The van der Waals surface area contributed by atoms with Crippen molar-refractivity contribution in [3.63, 3.8) is 0 Å². The Morgan fingerprint density at radius 1 is 0.935 bits per heavy atom. The van der Waals surface area contributed by atoms with Gasteiger partial charge in [-0.2, -0.15) is 0 Å². The maximum atomic E-state index is 14.9. The third kappa shape index (κ3) is 4.67. The summed E-state index contributed by atoms with van der Waals surface area (Å²) in [5, 5.41) is 15.1. The predicted octanol–water partition coefficient (Wildman–Crippen LogP) is 4.69. The average Bonchev–Trinajstić information content (AvgIpc) is 2.79. The van der Waals surface area contributed by atoms with Gasteiger partial charge in [0.15, 0.2) is 5.82 Å². The lowest BCUT2D eigenvalue weighted by molar-refractivity contribution is -0.384. The second-order valence-electron chi connectivity index (χ2n) is 7.77. The Kier molecular flexibility index (Phi) is 6.13. The molecule has 7 heteroatoms. The minimum Gasteiger partial charge on any atom is -0.369 e. The van der Waals surface area contributed by atoms with Crippen LogP contribution in [0.4, 0.5) is 21.5 Å². The molecule has 0 amide bonds. The molecule has 1 fully saturated rings. The largest absolute Gasteiger partial charge is 0.369 e. The van der Waals surface area contributed by atoms with Crippen molar-refractivity contribution in [2.45, 2.75) is 6.04 Å². The van der Waals surface area contributed by atoms with Gasteiger partial charge < -0.3 is 15.1 Å². The van der Waals surface area contributed by atoms with Gasteiger partial charge in [-0.15, -0.1) is 0 Å². The summed E-state index contributed by atoms with van der Waals surface area (Å²) in [6.45, 7) is 2.97. The molecule has 0 aliphatic carbocycles. The summed E-state index contributed by atoms with van der Waals surface area (Å²) >= 11 is 0. The molecule has 0 atom stereocenters. The summed E-state index contributed by atoms with van der Waals surface area (Å²) in [7, 11) is 2.03.